The zero-order chi connectivity index (χ0) is 32.7. The third-order valence-corrected chi connectivity index (χ3v) is 10.5. The molecule has 11 heteroatoms. The van der Waals surface area contributed by atoms with Crippen LogP contribution in [0, 0.1) is 19.8 Å². The van der Waals surface area contributed by atoms with Gasteiger partial charge in [0.1, 0.15) is 4.83 Å². The Kier molecular flexibility index (Phi) is 8.71. The SMILES string of the molecule is COC(=O)c1cc(C(=O)OC)cc(-n2c(C)cc(C(=O)CSc3nc4sc5c(c4c(=O)n3-c3ccccc3)CCC(C)C5)c2C)c1. The molecule has 0 saturated heterocycles. The van der Waals surface area contributed by atoms with Gasteiger partial charge in [-0.15, -0.1) is 11.3 Å². The second-order valence-corrected chi connectivity index (χ2v) is 13.5. The monoisotopic (exact) mass is 655 g/mol. The summed E-state index contributed by atoms with van der Waals surface area (Å²) in [5.41, 5.74) is 4.46. The van der Waals surface area contributed by atoms with Crippen molar-refractivity contribution < 1.29 is 23.9 Å². The molecule has 2 aromatic carbocycles. The van der Waals surface area contributed by atoms with Crippen LogP contribution in [0.5, 0.6) is 0 Å². The number of ether oxygens (including phenoxy) is 2. The number of thioether (sulfide) groups is 1. The first-order valence-electron chi connectivity index (χ1n) is 14.9. The Bertz CT molecular complexity index is 2040. The van der Waals surface area contributed by atoms with Crippen LogP contribution in [0.3, 0.4) is 0 Å². The topological polar surface area (TPSA) is 109 Å². The second-order valence-electron chi connectivity index (χ2n) is 11.5. The lowest BCUT2D eigenvalue weighted by Gasteiger charge is -2.17. The summed E-state index contributed by atoms with van der Waals surface area (Å²) in [6, 6.07) is 15.8. The van der Waals surface area contributed by atoms with Gasteiger partial charge in [-0.25, -0.2) is 14.6 Å². The van der Waals surface area contributed by atoms with Crippen LogP contribution in [0.25, 0.3) is 21.6 Å². The largest absolute Gasteiger partial charge is 0.465 e. The predicted octanol–water partition coefficient (Wildman–Crippen LogP) is 6.53. The number of aromatic nitrogens is 3. The molecule has 1 aliphatic carbocycles. The fourth-order valence-electron chi connectivity index (χ4n) is 6.13. The highest BCUT2D eigenvalue weighted by molar-refractivity contribution is 7.99. The molecule has 0 saturated carbocycles. The van der Waals surface area contributed by atoms with E-state index in [1.165, 1.54) is 36.9 Å². The van der Waals surface area contributed by atoms with Gasteiger partial charge in [-0.3, -0.25) is 14.2 Å². The summed E-state index contributed by atoms with van der Waals surface area (Å²) in [6.07, 6.45) is 2.86. The third kappa shape index (κ3) is 5.69. The summed E-state index contributed by atoms with van der Waals surface area (Å²) in [5.74, 6) is -0.728. The maximum Gasteiger partial charge on any atom is 0.337 e. The number of carbonyl (C=O) groups is 3. The van der Waals surface area contributed by atoms with Crippen molar-refractivity contribution in [3.8, 4) is 11.4 Å². The fourth-order valence-corrected chi connectivity index (χ4v) is 8.45. The molecule has 0 N–H and O–H groups in total. The number of nitrogens with zero attached hydrogens (tertiary/aromatic N) is 3. The minimum absolute atomic E-state index is 0.0484. The highest BCUT2D eigenvalue weighted by atomic mass is 32.2. The van der Waals surface area contributed by atoms with Crippen LogP contribution in [0.2, 0.25) is 0 Å². The Balaban J connectivity index is 1.37. The van der Waals surface area contributed by atoms with Crippen LogP contribution in [0.15, 0.2) is 64.5 Å². The molecule has 3 heterocycles. The summed E-state index contributed by atoms with van der Waals surface area (Å²) in [5, 5.41) is 1.15. The van der Waals surface area contributed by atoms with E-state index in [0.717, 1.165) is 35.4 Å². The molecule has 0 fully saturated rings. The summed E-state index contributed by atoms with van der Waals surface area (Å²) >= 11 is 2.83. The molecule has 1 unspecified atom stereocenters. The molecular weight excluding hydrogens is 623 g/mol. The highest BCUT2D eigenvalue weighted by Crippen LogP contribution is 2.37. The first-order valence-corrected chi connectivity index (χ1v) is 16.7. The predicted molar refractivity (Wildman–Crippen MR) is 179 cm³/mol. The van der Waals surface area contributed by atoms with E-state index in [1.54, 1.807) is 34.1 Å². The van der Waals surface area contributed by atoms with Crippen LogP contribution in [0.4, 0.5) is 0 Å². The Morgan fingerprint density at radius 3 is 2.28 bits per heavy atom. The quantitative estimate of drug-likeness (QED) is 0.0804. The number of ketones is 1. The van der Waals surface area contributed by atoms with Gasteiger partial charge in [0.25, 0.3) is 5.56 Å². The van der Waals surface area contributed by atoms with Gasteiger partial charge in [0.15, 0.2) is 10.9 Å². The van der Waals surface area contributed by atoms with Crippen molar-refractivity contribution in [1.29, 1.82) is 0 Å². The van der Waals surface area contributed by atoms with Crippen molar-refractivity contribution in [3.63, 3.8) is 0 Å². The molecule has 46 heavy (non-hydrogen) atoms. The number of methoxy groups -OCH3 is 2. The van der Waals surface area contributed by atoms with E-state index >= 15 is 0 Å². The van der Waals surface area contributed by atoms with Gasteiger partial charge >= 0.3 is 11.9 Å². The van der Waals surface area contributed by atoms with Crippen molar-refractivity contribution in [2.45, 2.75) is 45.2 Å². The average Bonchev–Trinajstić information content (AvgIpc) is 3.58. The van der Waals surface area contributed by atoms with E-state index < -0.39 is 11.9 Å². The van der Waals surface area contributed by atoms with E-state index in [-0.39, 0.29) is 28.2 Å². The van der Waals surface area contributed by atoms with Crippen LogP contribution >= 0.6 is 23.1 Å². The standard InChI is InChI=1S/C35H33N3O6S2/c1-19-11-12-26-29(13-19)46-31-30(26)32(40)38(24-9-7-6-8-10-24)35(36-31)45-18-28(39)27-14-20(2)37(21(27)3)25-16-22(33(41)43-4)15-23(17-25)34(42)44-5/h6-10,14-17,19H,11-13,18H2,1-5H3. The minimum Gasteiger partial charge on any atom is -0.465 e. The number of hydrogen-bond acceptors (Lipinski definition) is 9. The molecule has 0 spiro atoms. The number of carbonyl (C=O) groups excluding carboxylic acids is 3. The van der Waals surface area contributed by atoms with E-state index in [0.29, 0.717) is 39.1 Å². The molecule has 1 atom stereocenters. The van der Waals surface area contributed by atoms with Gasteiger partial charge in [-0.1, -0.05) is 36.9 Å². The Hall–Kier alpha value is -4.48. The summed E-state index contributed by atoms with van der Waals surface area (Å²) in [4.78, 5) is 59.6. The minimum atomic E-state index is -0.600. The maximum absolute atomic E-state index is 14.1. The average molecular weight is 656 g/mol. The van der Waals surface area contributed by atoms with Crippen LogP contribution in [-0.4, -0.2) is 51.8 Å². The van der Waals surface area contributed by atoms with Crippen LogP contribution < -0.4 is 5.56 Å². The van der Waals surface area contributed by atoms with Crippen molar-refractivity contribution >= 4 is 51.0 Å². The van der Waals surface area contributed by atoms with Gasteiger partial charge in [-0.05, 0) is 81.0 Å². The van der Waals surface area contributed by atoms with Gasteiger partial charge < -0.3 is 14.0 Å². The zero-order valence-electron chi connectivity index (χ0n) is 26.2. The van der Waals surface area contributed by atoms with Crippen molar-refractivity contribution in [3.05, 3.63) is 103 Å². The van der Waals surface area contributed by atoms with E-state index in [1.807, 2.05) is 48.7 Å². The summed E-state index contributed by atoms with van der Waals surface area (Å²) < 4.78 is 13.2. The fraction of sp³-hybridized carbons (Fsp3) is 0.286. The Morgan fingerprint density at radius 1 is 0.957 bits per heavy atom. The normalized spacial score (nSPS) is 14.2. The lowest BCUT2D eigenvalue weighted by atomic mass is 9.89. The Labute approximate surface area is 274 Å². The molecule has 236 valence electrons. The van der Waals surface area contributed by atoms with Gasteiger partial charge in [0.05, 0.1) is 42.2 Å². The lowest BCUT2D eigenvalue weighted by molar-refractivity contribution is 0.0598. The number of para-hydroxylation sites is 1. The number of esters is 2. The first kappa shape index (κ1) is 31.5. The molecule has 5 aromatic rings. The van der Waals surface area contributed by atoms with Crippen molar-refractivity contribution in [1.82, 2.24) is 14.1 Å². The van der Waals surface area contributed by atoms with E-state index in [9.17, 15) is 19.2 Å². The van der Waals surface area contributed by atoms with Gasteiger partial charge in [-0.2, -0.15) is 0 Å². The number of aryl methyl sites for hydroxylation is 2. The van der Waals surface area contributed by atoms with Gasteiger partial charge in [0.2, 0.25) is 0 Å². The second kappa shape index (κ2) is 12.7. The highest BCUT2D eigenvalue weighted by Gasteiger charge is 2.26. The van der Waals surface area contributed by atoms with E-state index in [2.05, 4.69) is 6.92 Å². The maximum atomic E-state index is 14.1. The number of Topliss-reactive ketones (excluding diaryl/α,β-unsaturated/α-hetero) is 1. The smallest absolute Gasteiger partial charge is 0.337 e. The zero-order valence-corrected chi connectivity index (χ0v) is 27.8. The molecule has 0 radical (unpaired) electrons. The Morgan fingerprint density at radius 2 is 1.63 bits per heavy atom. The van der Waals surface area contributed by atoms with E-state index in [4.69, 9.17) is 14.5 Å². The molecule has 0 bridgehead atoms. The molecule has 9 nitrogen and oxygen atoms in total. The van der Waals surface area contributed by atoms with Crippen molar-refractivity contribution in [2.24, 2.45) is 5.92 Å². The first-order chi connectivity index (χ1) is 22.1. The number of fused-ring (bicyclic) bond motifs is 3. The molecule has 3 aromatic heterocycles. The summed E-state index contributed by atoms with van der Waals surface area (Å²) in [7, 11) is 2.54. The van der Waals surface area contributed by atoms with Crippen molar-refractivity contribution in [2.75, 3.05) is 20.0 Å². The number of thiophene rings is 1. The van der Waals surface area contributed by atoms with Crippen LogP contribution in [0.1, 0.15) is 66.2 Å². The van der Waals surface area contributed by atoms with Gasteiger partial charge in [0, 0.05) is 27.5 Å². The summed E-state index contributed by atoms with van der Waals surface area (Å²) in [6.45, 7) is 5.90. The molecule has 0 amide bonds. The molecule has 0 aliphatic heterocycles. The number of hydrogen-bond donors (Lipinski definition) is 0. The lowest BCUT2D eigenvalue weighted by Crippen LogP contribution is -2.23. The molecular formula is C35H33N3O6S2. The third-order valence-electron chi connectivity index (χ3n) is 8.39. The van der Waals surface area contributed by atoms with Crippen LogP contribution in [-0.2, 0) is 22.3 Å². The number of benzene rings is 2. The number of rotatable bonds is 8. The molecule has 1 aliphatic rings. The molecule has 6 rings (SSSR count).